The third kappa shape index (κ3) is 1.44. The Morgan fingerprint density at radius 2 is 2.29 bits per heavy atom. The Kier molecular flexibility index (Phi) is 2.04. The number of nitrogens with zero attached hydrogens (tertiary/aromatic N) is 3. The minimum absolute atomic E-state index is 0.576. The average Bonchev–Trinajstić information content (AvgIpc) is 2.71. The summed E-state index contributed by atoms with van der Waals surface area (Å²) in [4.78, 5) is 15.5. The lowest BCUT2D eigenvalue weighted by Crippen LogP contribution is -2.52. The molecule has 0 aromatic carbocycles. The monoisotopic (exact) mass is 232 g/mol. The van der Waals surface area contributed by atoms with Crippen LogP contribution in [0.25, 0.3) is 5.52 Å². The van der Waals surface area contributed by atoms with Crippen molar-refractivity contribution in [1.82, 2.24) is 14.6 Å². The number of rotatable bonds is 3. The van der Waals surface area contributed by atoms with Crippen LogP contribution in [0, 0.1) is 0 Å². The molecule has 0 spiro atoms. The first kappa shape index (κ1) is 10.1. The fourth-order valence-electron chi connectivity index (χ4n) is 2.10. The van der Waals surface area contributed by atoms with Crippen molar-refractivity contribution in [2.24, 2.45) is 0 Å². The fourth-order valence-corrected chi connectivity index (χ4v) is 2.10. The van der Waals surface area contributed by atoms with Crippen molar-refractivity contribution in [3.8, 4) is 0 Å². The van der Waals surface area contributed by atoms with Gasteiger partial charge in [0.2, 0.25) is 0 Å². The summed E-state index contributed by atoms with van der Waals surface area (Å²) in [7, 11) is 0. The number of aromatic nitrogens is 3. The molecule has 0 aliphatic heterocycles. The van der Waals surface area contributed by atoms with Crippen LogP contribution < -0.4 is 5.32 Å². The van der Waals surface area contributed by atoms with Gasteiger partial charge < -0.3 is 10.4 Å². The molecule has 0 atom stereocenters. The van der Waals surface area contributed by atoms with Gasteiger partial charge >= 0.3 is 5.97 Å². The van der Waals surface area contributed by atoms with Crippen LogP contribution in [0.2, 0.25) is 0 Å². The summed E-state index contributed by atoms with van der Waals surface area (Å²) in [5.41, 5.74) is -0.0564. The molecule has 2 N–H and O–H groups in total. The van der Waals surface area contributed by atoms with Crippen molar-refractivity contribution in [3.63, 3.8) is 0 Å². The van der Waals surface area contributed by atoms with Gasteiger partial charge in [-0.25, -0.2) is 14.3 Å². The van der Waals surface area contributed by atoms with Crippen molar-refractivity contribution in [2.75, 3.05) is 5.32 Å². The second-order valence-electron chi connectivity index (χ2n) is 4.30. The maximum atomic E-state index is 11.3. The van der Waals surface area contributed by atoms with E-state index >= 15 is 0 Å². The van der Waals surface area contributed by atoms with Crippen LogP contribution in [0.3, 0.4) is 0 Å². The van der Waals surface area contributed by atoms with E-state index in [1.165, 1.54) is 0 Å². The summed E-state index contributed by atoms with van der Waals surface area (Å²) in [6, 6.07) is 1.81. The van der Waals surface area contributed by atoms with Crippen molar-refractivity contribution in [1.29, 1.82) is 0 Å². The van der Waals surface area contributed by atoms with E-state index in [9.17, 15) is 9.90 Å². The van der Waals surface area contributed by atoms with E-state index in [1.54, 1.807) is 23.1 Å². The maximum absolute atomic E-state index is 11.3. The van der Waals surface area contributed by atoms with Crippen molar-refractivity contribution >= 4 is 17.3 Å². The Morgan fingerprint density at radius 1 is 1.47 bits per heavy atom. The van der Waals surface area contributed by atoms with E-state index in [0.29, 0.717) is 18.7 Å². The zero-order valence-electron chi connectivity index (χ0n) is 9.13. The number of hydrogen-bond donors (Lipinski definition) is 2. The second-order valence-corrected chi connectivity index (χ2v) is 4.30. The Balaban J connectivity index is 1.99. The normalized spacial score (nSPS) is 17.6. The summed E-state index contributed by atoms with van der Waals surface area (Å²) in [6.45, 7) is 0. The first-order valence-corrected chi connectivity index (χ1v) is 5.51. The minimum atomic E-state index is -0.848. The Morgan fingerprint density at radius 3 is 2.94 bits per heavy atom. The molecular weight excluding hydrogens is 220 g/mol. The predicted molar refractivity (Wildman–Crippen MR) is 60.8 cm³/mol. The minimum Gasteiger partial charge on any atom is -0.480 e. The van der Waals surface area contributed by atoms with Crippen LogP contribution >= 0.6 is 0 Å². The molecular formula is C11H12N4O2. The molecule has 0 bridgehead atoms. The number of fused-ring (bicyclic) bond motifs is 1. The van der Waals surface area contributed by atoms with E-state index in [1.807, 2.05) is 6.07 Å². The van der Waals surface area contributed by atoms with Gasteiger partial charge in [0.25, 0.3) is 0 Å². The van der Waals surface area contributed by atoms with E-state index in [-0.39, 0.29) is 0 Å². The van der Waals surface area contributed by atoms with Gasteiger partial charge in [0.05, 0.1) is 6.20 Å². The molecule has 17 heavy (non-hydrogen) atoms. The zero-order valence-corrected chi connectivity index (χ0v) is 9.13. The number of carboxylic acid groups (broad SMARTS) is 1. The van der Waals surface area contributed by atoms with Crippen molar-refractivity contribution in [2.45, 2.75) is 24.8 Å². The molecule has 1 aliphatic rings. The van der Waals surface area contributed by atoms with E-state index < -0.39 is 11.5 Å². The molecule has 88 valence electrons. The topological polar surface area (TPSA) is 79.5 Å². The van der Waals surface area contributed by atoms with Gasteiger partial charge in [0.1, 0.15) is 11.1 Å². The lowest BCUT2D eigenvalue weighted by Gasteiger charge is -2.38. The molecule has 1 aliphatic carbocycles. The Hall–Kier alpha value is -2.11. The van der Waals surface area contributed by atoms with Gasteiger partial charge in [-0.1, -0.05) is 0 Å². The van der Waals surface area contributed by atoms with Crippen LogP contribution in [0.15, 0.2) is 24.7 Å². The first-order chi connectivity index (χ1) is 8.21. The summed E-state index contributed by atoms with van der Waals surface area (Å²) < 4.78 is 1.67. The van der Waals surface area contributed by atoms with Crippen LogP contribution in [-0.2, 0) is 4.79 Å². The molecule has 2 aromatic rings. The average molecular weight is 232 g/mol. The molecule has 6 heteroatoms. The molecule has 0 amide bonds. The predicted octanol–water partition coefficient (Wildman–Crippen LogP) is 1.15. The van der Waals surface area contributed by atoms with Gasteiger partial charge in [-0.05, 0) is 25.3 Å². The molecule has 1 fully saturated rings. The third-order valence-electron chi connectivity index (χ3n) is 3.30. The highest BCUT2D eigenvalue weighted by molar-refractivity contribution is 5.85. The van der Waals surface area contributed by atoms with Crippen LogP contribution in [-0.4, -0.2) is 31.2 Å². The van der Waals surface area contributed by atoms with Gasteiger partial charge in [-0.15, -0.1) is 0 Å². The first-order valence-electron chi connectivity index (χ1n) is 5.51. The smallest absolute Gasteiger partial charge is 0.329 e. The highest BCUT2D eigenvalue weighted by Gasteiger charge is 2.45. The number of hydrogen-bond acceptors (Lipinski definition) is 4. The van der Waals surface area contributed by atoms with Crippen LogP contribution in [0.4, 0.5) is 5.82 Å². The molecule has 6 nitrogen and oxygen atoms in total. The standard InChI is InChI=1S/C11H12N4O2/c16-10(17)11(3-1-4-11)14-9-8-2-5-13-15(8)7-6-12-9/h2,5-7H,1,3-4H2,(H,12,14)(H,16,17). The number of aliphatic carboxylic acids is 1. The van der Waals surface area contributed by atoms with Gasteiger partial charge in [-0.2, -0.15) is 5.10 Å². The quantitative estimate of drug-likeness (QED) is 0.829. The molecule has 2 heterocycles. The van der Waals surface area contributed by atoms with Crippen LogP contribution in [0.5, 0.6) is 0 Å². The largest absolute Gasteiger partial charge is 0.480 e. The number of carbonyl (C=O) groups is 1. The summed E-state index contributed by atoms with van der Waals surface area (Å²) >= 11 is 0. The third-order valence-corrected chi connectivity index (χ3v) is 3.30. The highest BCUT2D eigenvalue weighted by atomic mass is 16.4. The van der Waals surface area contributed by atoms with Crippen LogP contribution in [0.1, 0.15) is 19.3 Å². The fraction of sp³-hybridized carbons (Fsp3) is 0.364. The molecule has 2 aromatic heterocycles. The summed E-state index contributed by atoms with van der Waals surface area (Å²) in [6.07, 6.45) is 7.21. The zero-order chi connectivity index (χ0) is 11.9. The molecule has 0 saturated heterocycles. The van der Waals surface area contributed by atoms with E-state index in [2.05, 4.69) is 15.4 Å². The Labute approximate surface area is 97.3 Å². The molecule has 0 radical (unpaired) electrons. The summed E-state index contributed by atoms with van der Waals surface area (Å²) in [5, 5.41) is 16.4. The maximum Gasteiger partial charge on any atom is 0.329 e. The second kappa shape index (κ2) is 3.44. The Bertz CT molecular complexity index is 574. The van der Waals surface area contributed by atoms with E-state index in [4.69, 9.17) is 0 Å². The van der Waals surface area contributed by atoms with Crippen molar-refractivity contribution in [3.05, 3.63) is 24.7 Å². The lowest BCUT2D eigenvalue weighted by molar-refractivity contribution is -0.145. The molecule has 1 saturated carbocycles. The van der Waals surface area contributed by atoms with Gasteiger partial charge in [0, 0.05) is 12.4 Å². The number of nitrogens with one attached hydrogen (secondary N) is 1. The lowest BCUT2D eigenvalue weighted by atomic mass is 9.77. The van der Waals surface area contributed by atoms with E-state index in [0.717, 1.165) is 11.9 Å². The number of anilines is 1. The number of carboxylic acids is 1. The highest BCUT2D eigenvalue weighted by Crippen LogP contribution is 2.35. The molecule has 0 unspecified atom stereocenters. The summed E-state index contributed by atoms with van der Waals surface area (Å²) in [5.74, 6) is -0.237. The van der Waals surface area contributed by atoms with Crippen molar-refractivity contribution < 1.29 is 9.90 Å². The SMILES string of the molecule is O=C(O)C1(Nc2nccn3nccc23)CCC1. The van der Waals surface area contributed by atoms with Gasteiger partial charge in [-0.3, -0.25) is 0 Å². The van der Waals surface area contributed by atoms with Gasteiger partial charge in [0.15, 0.2) is 5.82 Å². The molecule has 3 rings (SSSR count).